The van der Waals surface area contributed by atoms with Crippen molar-refractivity contribution in [2.24, 2.45) is 0 Å². The Labute approximate surface area is 147 Å². The van der Waals surface area contributed by atoms with E-state index in [9.17, 15) is 0 Å². The van der Waals surface area contributed by atoms with E-state index in [1.165, 1.54) is 46.2 Å². The Bertz CT molecular complexity index is 736. The summed E-state index contributed by atoms with van der Waals surface area (Å²) in [6, 6.07) is 14.2. The van der Waals surface area contributed by atoms with Gasteiger partial charge < -0.3 is 5.32 Å². The van der Waals surface area contributed by atoms with Gasteiger partial charge in [0.2, 0.25) is 0 Å². The molecule has 0 bridgehead atoms. The Morgan fingerprint density at radius 3 is 2.38 bits per heavy atom. The van der Waals surface area contributed by atoms with Gasteiger partial charge in [-0.05, 0) is 76.6 Å². The van der Waals surface area contributed by atoms with Crippen LogP contribution in [0, 0.1) is 20.8 Å². The zero-order valence-electron chi connectivity index (χ0n) is 16.0. The summed E-state index contributed by atoms with van der Waals surface area (Å²) < 4.78 is 0. The minimum Gasteiger partial charge on any atom is -0.305 e. The number of rotatable bonds is 2. The van der Waals surface area contributed by atoms with Gasteiger partial charge in [0.15, 0.2) is 0 Å². The molecule has 128 valence electrons. The van der Waals surface area contributed by atoms with Crippen LogP contribution in [0.3, 0.4) is 0 Å². The second-order valence-electron chi connectivity index (χ2n) is 8.59. The number of fused-ring (bicyclic) bond motifs is 1. The largest absolute Gasteiger partial charge is 0.305 e. The van der Waals surface area contributed by atoms with Crippen LogP contribution in [0.2, 0.25) is 0 Å². The Kier molecular flexibility index (Phi) is 4.57. The molecule has 0 radical (unpaired) electrons. The molecule has 1 heteroatoms. The van der Waals surface area contributed by atoms with Crippen molar-refractivity contribution in [3.63, 3.8) is 0 Å². The molecule has 0 fully saturated rings. The summed E-state index contributed by atoms with van der Waals surface area (Å²) in [4.78, 5) is 0. The first-order valence-electron chi connectivity index (χ1n) is 9.19. The molecule has 1 aliphatic rings. The zero-order valence-corrected chi connectivity index (χ0v) is 16.0. The summed E-state index contributed by atoms with van der Waals surface area (Å²) in [5.41, 5.74) is 8.82. The van der Waals surface area contributed by atoms with Gasteiger partial charge in [0.1, 0.15) is 0 Å². The molecule has 0 heterocycles. The fourth-order valence-corrected chi connectivity index (χ4v) is 4.30. The molecule has 0 amide bonds. The molecule has 0 saturated carbocycles. The van der Waals surface area contributed by atoms with Crippen molar-refractivity contribution >= 4 is 0 Å². The molecule has 1 N–H and O–H groups in total. The molecular weight excluding hydrogens is 290 g/mol. The molecule has 3 rings (SSSR count). The van der Waals surface area contributed by atoms with Gasteiger partial charge in [-0.25, -0.2) is 0 Å². The molecule has 0 saturated heterocycles. The van der Waals surface area contributed by atoms with Crippen LogP contribution in [0.15, 0.2) is 36.4 Å². The second-order valence-corrected chi connectivity index (χ2v) is 8.59. The van der Waals surface area contributed by atoms with Gasteiger partial charge in [0.05, 0.1) is 0 Å². The molecule has 2 atom stereocenters. The Morgan fingerprint density at radius 1 is 0.958 bits per heavy atom. The number of aryl methyl sites for hydroxylation is 4. The number of benzene rings is 2. The van der Waals surface area contributed by atoms with E-state index in [-0.39, 0.29) is 5.54 Å². The maximum Gasteiger partial charge on any atom is 0.0399 e. The van der Waals surface area contributed by atoms with Crippen molar-refractivity contribution in [1.82, 2.24) is 5.32 Å². The maximum atomic E-state index is 3.94. The fourth-order valence-electron chi connectivity index (χ4n) is 4.30. The summed E-state index contributed by atoms with van der Waals surface area (Å²) in [7, 11) is 0. The van der Waals surface area contributed by atoms with Gasteiger partial charge in [0, 0.05) is 17.5 Å². The molecule has 1 nitrogen and oxygen atoms in total. The third-order valence-electron chi connectivity index (χ3n) is 5.11. The first kappa shape index (κ1) is 17.2. The van der Waals surface area contributed by atoms with Crippen LogP contribution in [0.25, 0.3) is 0 Å². The van der Waals surface area contributed by atoms with Gasteiger partial charge in [-0.15, -0.1) is 0 Å². The highest BCUT2D eigenvalue weighted by Gasteiger charge is 2.34. The van der Waals surface area contributed by atoms with E-state index < -0.39 is 0 Å². The van der Waals surface area contributed by atoms with Gasteiger partial charge in [-0.1, -0.05) is 47.5 Å². The third kappa shape index (κ3) is 3.57. The summed E-state index contributed by atoms with van der Waals surface area (Å²) in [6.45, 7) is 13.5. The van der Waals surface area contributed by atoms with Crippen molar-refractivity contribution < 1.29 is 0 Å². The van der Waals surface area contributed by atoms with E-state index in [2.05, 4.69) is 83.3 Å². The normalized spacial score (nSPS) is 20.8. The lowest BCUT2D eigenvalue weighted by atomic mass is 9.73. The molecule has 24 heavy (non-hydrogen) atoms. The minimum atomic E-state index is 0.0959. The lowest BCUT2D eigenvalue weighted by Gasteiger charge is -2.40. The first-order valence-corrected chi connectivity index (χ1v) is 9.19. The van der Waals surface area contributed by atoms with Crippen molar-refractivity contribution in [2.75, 3.05) is 0 Å². The van der Waals surface area contributed by atoms with E-state index in [0.717, 1.165) is 0 Å². The van der Waals surface area contributed by atoms with Crippen LogP contribution in [-0.4, -0.2) is 5.54 Å². The fraction of sp³-hybridized carbons (Fsp3) is 0.478. The van der Waals surface area contributed by atoms with E-state index in [0.29, 0.717) is 12.0 Å². The molecule has 2 aromatic rings. The van der Waals surface area contributed by atoms with E-state index in [1.54, 1.807) is 0 Å². The molecular formula is C23H31N. The summed E-state index contributed by atoms with van der Waals surface area (Å²) >= 11 is 0. The Balaban J connectivity index is 2.10. The number of hydrogen-bond acceptors (Lipinski definition) is 1. The van der Waals surface area contributed by atoms with Gasteiger partial charge in [-0.3, -0.25) is 0 Å². The van der Waals surface area contributed by atoms with Crippen molar-refractivity contribution in [1.29, 1.82) is 0 Å². The Hall–Kier alpha value is -1.60. The van der Waals surface area contributed by atoms with E-state index in [1.807, 2.05) is 0 Å². The van der Waals surface area contributed by atoms with Gasteiger partial charge >= 0.3 is 0 Å². The molecule has 0 aromatic heterocycles. The quantitative estimate of drug-likeness (QED) is 0.740. The van der Waals surface area contributed by atoms with Crippen LogP contribution in [0.1, 0.15) is 72.5 Å². The van der Waals surface area contributed by atoms with Crippen LogP contribution in [0.5, 0.6) is 0 Å². The van der Waals surface area contributed by atoms with Crippen LogP contribution in [0.4, 0.5) is 0 Å². The summed E-state index contributed by atoms with van der Waals surface area (Å²) in [6.07, 6.45) is 2.39. The predicted octanol–water partition coefficient (Wildman–Crippen LogP) is 5.77. The third-order valence-corrected chi connectivity index (χ3v) is 5.11. The molecule has 0 aliphatic heterocycles. The van der Waals surface area contributed by atoms with Gasteiger partial charge in [-0.2, -0.15) is 0 Å². The zero-order chi connectivity index (χ0) is 17.5. The standard InChI is InChI=1S/C23H31N/c1-15-8-7-9-18(13-15)20-11-10-19-14-16(2)12-17(3)21(19)22(20)24-23(4,5)6/h7-9,12-14,20,22,24H,10-11H2,1-6H3/t20-,22-/m0/s1. The SMILES string of the molecule is Cc1cccc([C@@H]2CCc3cc(C)cc(C)c3[C@H]2NC(C)(C)C)c1. The second kappa shape index (κ2) is 6.37. The number of nitrogens with one attached hydrogen (secondary N) is 1. The first-order chi connectivity index (χ1) is 11.2. The lowest BCUT2D eigenvalue weighted by Crippen LogP contribution is -2.43. The topological polar surface area (TPSA) is 12.0 Å². The Morgan fingerprint density at radius 2 is 1.71 bits per heavy atom. The summed E-state index contributed by atoms with van der Waals surface area (Å²) in [5, 5.41) is 3.94. The molecule has 1 aliphatic carbocycles. The molecule has 0 spiro atoms. The predicted molar refractivity (Wildman–Crippen MR) is 104 cm³/mol. The highest BCUT2D eigenvalue weighted by molar-refractivity contribution is 5.45. The van der Waals surface area contributed by atoms with Crippen LogP contribution in [-0.2, 0) is 6.42 Å². The smallest absolute Gasteiger partial charge is 0.0399 e. The maximum absolute atomic E-state index is 3.94. The summed E-state index contributed by atoms with van der Waals surface area (Å²) in [5.74, 6) is 0.540. The van der Waals surface area contributed by atoms with Crippen molar-refractivity contribution in [2.45, 2.75) is 71.9 Å². The lowest BCUT2D eigenvalue weighted by molar-refractivity contribution is 0.306. The highest BCUT2D eigenvalue weighted by atomic mass is 15.0. The van der Waals surface area contributed by atoms with E-state index >= 15 is 0 Å². The monoisotopic (exact) mass is 321 g/mol. The van der Waals surface area contributed by atoms with Crippen LogP contribution >= 0.6 is 0 Å². The molecule has 2 aromatic carbocycles. The average molecular weight is 322 g/mol. The minimum absolute atomic E-state index is 0.0959. The highest BCUT2D eigenvalue weighted by Crippen LogP contribution is 2.43. The number of hydrogen-bond donors (Lipinski definition) is 1. The molecule has 0 unspecified atom stereocenters. The van der Waals surface area contributed by atoms with Crippen LogP contribution < -0.4 is 5.32 Å². The van der Waals surface area contributed by atoms with Crippen molar-refractivity contribution in [3.8, 4) is 0 Å². The van der Waals surface area contributed by atoms with Crippen molar-refractivity contribution in [3.05, 3.63) is 69.8 Å². The van der Waals surface area contributed by atoms with Gasteiger partial charge in [0.25, 0.3) is 0 Å². The average Bonchev–Trinajstić information content (AvgIpc) is 2.45. The van der Waals surface area contributed by atoms with E-state index in [4.69, 9.17) is 0 Å².